The van der Waals surface area contributed by atoms with Crippen LogP contribution >= 0.6 is 45.7 Å². The fourth-order valence-corrected chi connectivity index (χ4v) is 1.89. The minimum Gasteiger partial charge on any atom is -0.365 e. The van der Waals surface area contributed by atoms with Crippen molar-refractivity contribution in [2.24, 2.45) is 4.99 Å². The lowest BCUT2D eigenvalue weighted by Crippen LogP contribution is -2.23. The molecule has 0 atom stereocenters. The monoisotopic (exact) mass is 363 g/mol. The van der Waals surface area contributed by atoms with E-state index >= 15 is 0 Å². The molecular weight excluding hydrogens is 342 g/mol. The summed E-state index contributed by atoms with van der Waals surface area (Å²) in [6, 6.07) is 0. The molecule has 0 aliphatic heterocycles. The highest BCUT2D eigenvalue weighted by atomic mass is 79.9. The average molecular weight is 365 g/mol. The van der Waals surface area contributed by atoms with Gasteiger partial charge in [0.15, 0.2) is 5.17 Å². The molecular formula is C9H23Br2N3S. The molecule has 0 amide bonds. The lowest BCUT2D eigenvalue weighted by atomic mass is 10.7. The van der Waals surface area contributed by atoms with Crippen molar-refractivity contribution in [2.75, 3.05) is 39.5 Å². The van der Waals surface area contributed by atoms with E-state index < -0.39 is 0 Å². The summed E-state index contributed by atoms with van der Waals surface area (Å²) < 4.78 is 0. The van der Waals surface area contributed by atoms with Crippen molar-refractivity contribution in [2.45, 2.75) is 13.8 Å². The Hall–Kier alpha value is 0.740. The number of nitrogens with one attached hydrogen (secondary N) is 1. The minimum absolute atomic E-state index is 0. The van der Waals surface area contributed by atoms with Gasteiger partial charge >= 0.3 is 0 Å². The maximum Gasteiger partial charge on any atom is 0.156 e. The number of nitrogens with zero attached hydrogens (tertiary/aromatic N) is 2. The minimum atomic E-state index is 0. The molecule has 0 spiro atoms. The summed E-state index contributed by atoms with van der Waals surface area (Å²) in [4.78, 5) is 6.54. The van der Waals surface area contributed by atoms with Crippen LogP contribution in [0.25, 0.3) is 0 Å². The third kappa shape index (κ3) is 14.7. The summed E-state index contributed by atoms with van der Waals surface area (Å²) in [6.45, 7) is 7.06. The van der Waals surface area contributed by atoms with Crippen LogP contribution in [0.5, 0.6) is 0 Å². The molecule has 0 aliphatic rings. The van der Waals surface area contributed by atoms with Gasteiger partial charge in [-0.05, 0) is 27.9 Å². The Bertz CT molecular complexity index is 154. The maximum atomic E-state index is 4.36. The van der Waals surface area contributed by atoms with Crippen LogP contribution in [0.1, 0.15) is 13.8 Å². The van der Waals surface area contributed by atoms with Gasteiger partial charge in [0, 0.05) is 25.4 Å². The molecule has 0 rings (SSSR count). The van der Waals surface area contributed by atoms with Gasteiger partial charge in [0.2, 0.25) is 0 Å². The Labute approximate surface area is 119 Å². The molecule has 94 valence electrons. The summed E-state index contributed by atoms with van der Waals surface area (Å²) in [5.74, 6) is 1.10. The summed E-state index contributed by atoms with van der Waals surface area (Å²) in [5, 5.41) is 4.33. The quantitative estimate of drug-likeness (QED) is 0.599. The Kier molecular flexibility index (Phi) is 20.7. The van der Waals surface area contributed by atoms with Crippen LogP contribution in [-0.2, 0) is 0 Å². The van der Waals surface area contributed by atoms with Gasteiger partial charge < -0.3 is 10.2 Å². The zero-order valence-corrected chi connectivity index (χ0v) is 14.2. The molecule has 0 saturated heterocycles. The number of rotatable bonds is 5. The van der Waals surface area contributed by atoms with E-state index in [1.807, 2.05) is 0 Å². The van der Waals surface area contributed by atoms with Crippen molar-refractivity contribution in [3.05, 3.63) is 0 Å². The molecule has 0 fully saturated rings. The lowest BCUT2D eigenvalue weighted by molar-refractivity contribution is 0.437. The summed E-state index contributed by atoms with van der Waals surface area (Å²) in [5.41, 5.74) is 0. The van der Waals surface area contributed by atoms with Gasteiger partial charge in [0.1, 0.15) is 0 Å². The predicted octanol–water partition coefficient (Wildman–Crippen LogP) is 2.42. The molecule has 3 nitrogen and oxygen atoms in total. The summed E-state index contributed by atoms with van der Waals surface area (Å²) in [7, 11) is 4.18. The number of hydrogen-bond donors (Lipinski definition) is 1. The van der Waals surface area contributed by atoms with Crippen molar-refractivity contribution < 1.29 is 0 Å². The van der Waals surface area contributed by atoms with Gasteiger partial charge in [-0.2, -0.15) is 0 Å². The topological polar surface area (TPSA) is 27.6 Å². The van der Waals surface area contributed by atoms with Crippen molar-refractivity contribution in [1.82, 2.24) is 10.2 Å². The van der Waals surface area contributed by atoms with Crippen molar-refractivity contribution in [3.63, 3.8) is 0 Å². The third-order valence-electron chi connectivity index (χ3n) is 1.41. The molecule has 1 N–H and O–H groups in total. The maximum absolute atomic E-state index is 4.36. The van der Waals surface area contributed by atoms with Crippen LogP contribution in [0.2, 0.25) is 0 Å². The van der Waals surface area contributed by atoms with Crippen molar-refractivity contribution in [3.8, 4) is 0 Å². The molecule has 0 heterocycles. The fourth-order valence-electron chi connectivity index (χ4n) is 0.772. The number of thioether (sulfide) groups is 1. The number of hydrogen-bond acceptors (Lipinski definition) is 3. The zero-order chi connectivity index (χ0) is 10.1. The summed E-state index contributed by atoms with van der Waals surface area (Å²) in [6.07, 6.45) is 0. The van der Waals surface area contributed by atoms with E-state index in [1.165, 1.54) is 0 Å². The number of amidine groups is 1. The highest BCUT2D eigenvalue weighted by Gasteiger charge is 1.97. The first kappa shape index (κ1) is 21.1. The normalized spacial score (nSPS) is 10.6. The van der Waals surface area contributed by atoms with Gasteiger partial charge in [-0.1, -0.05) is 11.8 Å². The molecule has 0 aromatic rings. The van der Waals surface area contributed by atoms with Crippen LogP contribution in [0, 0.1) is 0 Å². The molecule has 0 aromatic heterocycles. The van der Waals surface area contributed by atoms with Gasteiger partial charge in [-0.3, -0.25) is 4.99 Å². The molecule has 0 unspecified atom stereocenters. The number of aliphatic imine (C=N–C) groups is 1. The Morgan fingerprint density at radius 2 is 1.87 bits per heavy atom. The van der Waals surface area contributed by atoms with Gasteiger partial charge in [-0.25, -0.2) is 0 Å². The van der Waals surface area contributed by atoms with Crippen LogP contribution in [0.3, 0.4) is 0 Å². The summed E-state index contributed by atoms with van der Waals surface area (Å²) >= 11 is 1.80. The second kappa shape index (κ2) is 14.7. The first-order valence-corrected chi connectivity index (χ1v) is 5.75. The Morgan fingerprint density at radius 1 is 1.27 bits per heavy atom. The molecule has 15 heavy (non-hydrogen) atoms. The smallest absolute Gasteiger partial charge is 0.156 e. The molecule has 0 radical (unpaired) electrons. The van der Waals surface area contributed by atoms with Crippen LogP contribution in [-0.4, -0.2) is 49.6 Å². The Morgan fingerprint density at radius 3 is 2.27 bits per heavy atom. The molecule has 6 heteroatoms. The molecule has 0 aliphatic carbocycles. The Balaban J connectivity index is -0.000000720. The molecule has 0 aromatic carbocycles. The van der Waals surface area contributed by atoms with Gasteiger partial charge in [0.05, 0.1) is 0 Å². The van der Waals surface area contributed by atoms with Gasteiger partial charge in [-0.15, -0.1) is 34.0 Å². The van der Waals surface area contributed by atoms with E-state index in [9.17, 15) is 0 Å². The third-order valence-corrected chi connectivity index (χ3v) is 2.34. The second-order valence-electron chi connectivity index (χ2n) is 2.96. The van der Waals surface area contributed by atoms with Crippen molar-refractivity contribution in [1.29, 1.82) is 0 Å². The average Bonchev–Trinajstić information content (AvgIpc) is 2.04. The van der Waals surface area contributed by atoms with E-state index in [-0.39, 0.29) is 34.0 Å². The highest BCUT2D eigenvalue weighted by molar-refractivity contribution is 8.93. The van der Waals surface area contributed by atoms with E-state index in [0.717, 1.165) is 30.6 Å². The van der Waals surface area contributed by atoms with E-state index in [2.05, 4.69) is 43.2 Å². The molecule has 0 bridgehead atoms. The van der Waals surface area contributed by atoms with Crippen LogP contribution < -0.4 is 5.32 Å². The predicted molar refractivity (Wildman–Crippen MR) is 83.3 cm³/mol. The van der Waals surface area contributed by atoms with E-state index in [1.54, 1.807) is 11.8 Å². The first-order valence-electron chi connectivity index (χ1n) is 4.76. The van der Waals surface area contributed by atoms with Gasteiger partial charge in [0.25, 0.3) is 0 Å². The van der Waals surface area contributed by atoms with E-state index in [4.69, 9.17) is 0 Å². The van der Waals surface area contributed by atoms with Crippen LogP contribution in [0.15, 0.2) is 4.99 Å². The largest absolute Gasteiger partial charge is 0.365 e. The number of halogens is 2. The van der Waals surface area contributed by atoms with E-state index in [0.29, 0.717) is 0 Å². The second-order valence-corrected chi connectivity index (χ2v) is 4.05. The molecule has 0 saturated carbocycles. The zero-order valence-electron chi connectivity index (χ0n) is 9.95. The fraction of sp³-hybridized carbons (Fsp3) is 0.889. The highest BCUT2D eigenvalue weighted by Crippen LogP contribution is 2.01. The first-order chi connectivity index (χ1) is 6.20. The lowest BCUT2D eigenvalue weighted by Gasteiger charge is -2.10. The van der Waals surface area contributed by atoms with Crippen molar-refractivity contribution >= 4 is 50.9 Å². The standard InChI is InChI=1S/C9H21N3S.2BrH/c1-5-10-9(11-6-2)13-8-7-12(3)4;;/h5-8H2,1-4H3,(H,10,11);2*1H. The SMILES string of the molecule is Br.Br.CCN=C(NCC)SCCN(C)C. The van der Waals surface area contributed by atoms with Crippen LogP contribution in [0.4, 0.5) is 0 Å².